The molecule has 2 spiro atoms. The van der Waals surface area contributed by atoms with Crippen molar-refractivity contribution in [3.05, 3.63) is 34.9 Å². The average molecular weight is 413 g/mol. The predicted octanol–water partition coefficient (Wildman–Crippen LogP) is -1.30. The van der Waals surface area contributed by atoms with Crippen LogP contribution in [0.2, 0.25) is 12.1 Å². The smallest absolute Gasteiger partial charge is 0.515 e. The van der Waals surface area contributed by atoms with E-state index in [1.54, 1.807) is 6.08 Å². The lowest BCUT2D eigenvalue weighted by Gasteiger charge is -2.46. The molecule has 0 aliphatic carbocycles. The van der Waals surface area contributed by atoms with Crippen molar-refractivity contribution in [3.8, 4) is 0 Å². The summed E-state index contributed by atoms with van der Waals surface area (Å²) in [5.74, 6) is 0. The molecule has 25 heavy (non-hydrogen) atoms. The highest BCUT2D eigenvalue weighted by molar-refractivity contribution is 6.95. The summed E-state index contributed by atoms with van der Waals surface area (Å²) in [6.07, 6.45) is 3.66. The molecule has 5 aliphatic heterocycles. The van der Waals surface area contributed by atoms with Gasteiger partial charge in [-0.1, -0.05) is 12.2 Å². The molecule has 3 N–H and O–H groups in total. The van der Waals surface area contributed by atoms with E-state index in [1.807, 2.05) is 18.8 Å². The van der Waals surface area contributed by atoms with Crippen LogP contribution in [0.5, 0.6) is 0 Å². The van der Waals surface area contributed by atoms with E-state index in [0.717, 1.165) is 5.32 Å². The largest absolute Gasteiger partial charge is 0.577 e. The van der Waals surface area contributed by atoms with E-state index in [1.165, 1.54) is 6.08 Å². The molecule has 0 radical (unpaired) electrons. The van der Waals surface area contributed by atoms with E-state index in [0.29, 0.717) is 18.6 Å². The normalized spacial score (nSPS) is 44.3. The van der Waals surface area contributed by atoms with Gasteiger partial charge in [0, 0.05) is 25.7 Å². The molecule has 2 saturated heterocycles. The highest BCUT2D eigenvalue weighted by Gasteiger charge is 2.69. The highest BCUT2D eigenvalue weighted by Crippen LogP contribution is 2.46. The Morgan fingerprint density at radius 3 is 3.16 bits per heavy atom. The average Bonchev–Trinajstić information content (AvgIpc) is 2.95. The predicted molar refractivity (Wildman–Crippen MR) is 93.9 cm³/mol. The van der Waals surface area contributed by atoms with Crippen LogP contribution in [0.25, 0.3) is 0 Å². The first kappa shape index (κ1) is 16.2. The Morgan fingerprint density at radius 2 is 2.32 bits per heavy atom. The van der Waals surface area contributed by atoms with Gasteiger partial charge in [0.15, 0.2) is 5.35 Å². The van der Waals surface area contributed by atoms with Crippen LogP contribution in [0.3, 0.4) is 0 Å². The number of rotatable bonds is 0. The van der Waals surface area contributed by atoms with Gasteiger partial charge in [0.2, 0.25) is 0 Å². The Labute approximate surface area is 149 Å². The topological polar surface area (TPSA) is 101 Å². The molecular weight excluding hydrogens is 394 g/mol. The van der Waals surface area contributed by atoms with Crippen molar-refractivity contribution < 1.29 is 32.1 Å². The second kappa shape index (κ2) is 5.04. The molecule has 12 heteroatoms. The van der Waals surface area contributed by atoms with Crippen LogP contribution in [-0.4, -0.2) is 85.7 Å². The number of hydrogen-bond acceptors (Lipinski definition) is 8. The molecule has 4 atom stereocenters. The molecule has 0 saturated carbocycles. The van der Waals surface area contributed by atoms with Crippen molar-refractivity contribution >= 4 is 40.4 Å². The fourth-order valence-corrected chi connectivity index (χ4v) is 20.8. The Bertz CT molecular complexity index is 771. The monoisotopic (exact) mass is 412 g/mol. The summed E-state index contributed by atoms with van der Waals surface area (Å²) in [5.41, 5.74) is 1.90. The summed E-state index contributed by atoms with van der Waals surface area (Å²) in [6.45, 7) is 0.649. The van der Waals surface area contributed by atoms with E-state index < -0.39 is 46.6 Å². The fourth-order valence-electron chi connectivity index (χ4n) is 3.81. The van der Waals surface area contributed by atoms with Gasteiger partial charge < -0.3 is 37.0 Å². The molecule has 1 unspecified atom stereocenters. The number of nitrogens with zero attached hydrogens (tertiary/aromatic N) is 1. The molecule has 0 amide bonds. The first-order valence-electron chi connectivity index (χ1n) is 8.13. The minimum absolute atomic E-state index is 0.0460. The third-order valence-corrected chi connectivity index (χ3v) is 19.2. The number of hydrogen-bond donors (Lipinski definition) is 3. The maximum atomic E-state index is 11.5. The van der Waals surface area contributed by atoms with Crippen LogP contribution in [0.4, 0.5) is 0 Å². The molecule has 134 valence electrons. The van der Waals surface area contributed by atoms with E-state index in [2.05, 4.69) is 10.6 Å². The van der Waals surface area contributed by atoms with Crippen LogP contribution in [0.1, 0.15) is 0 Å². The molecule has 0 aromatic heterocycles. The van der Waals surface area contributed by atoms with Gasteiger partial charge in [0.25, 0.3) is 5.41 Å². The van der Waals surface area contributed by atoms with Gasteiger partial charge in [0.05, 0.1) is 0 Å². The van der Waals surface area contributed by atoms with E-state index >= 15 is 0 Å². The lowest BCUT2D eigenvalue weighted by atomic mass is 10.3. The summed E-state index contributed by atoms with van der Waals surface area (Å²) in [7, 11) is -8.39. The zero-order valence-electron chi connectivity index (χ0n) is 13.5. The van der Waals surface area contributed by atoms with Crippen molar-refractivity contribution in [3.63, 3.8) is 0 Å². The first-order chi connectivity index (χ1) is 11.9. The van der Waals surface area contributed by atoms with Crippen LogP contribution >= 0.6 is 0 Å². The van der Waals surface area contributed by atoms with Crippen LogP contribution in [0.15, 0.2) is 34.9 Å². The molecule has 8 nitrogen and oxygen atoms in total. The minimum atomic E-state index is -3.42. The van der Waals surface area contributed by atoms with Gasteiger partial charge in [-0.25, -0.2) is 5.70 Å². The third kappa shape index (κ3) is 2.07. The van der Waals surface area contributed by atoms with Crippen molar-refractivity contribution in [1.29, 1.82) is 0 Å². The quantitative estimate of drug-likeness (QED) is 0.422. The minimum Gasteiger partial charge on any atom is -0.577 e. The number of aliphatic hydroxyl groups excluding tert-OH is 2. The summed E-state index contributed by atoms with van der Waals surface area (Å²) < 4.78 is 25.2. The van der Waals surface area contributed by atoms with E-state index in [-0.39, 0.29) is 5.35 Å². The molecular formula is C13H18NO7Si4-. The van der Waals surface area contributed by atoms with Crippen molar-refractivity contribution in [2.24, 2.45) is 0 Å². The Morgan fingerprint density at radius 1 is 1.48 bits per heavy atom. The van der Waals surface area contributed by atoms with Crippen molar-refractivity contribution in [2.75, 3.05) is 13.6 Å². The first-order valence-corrected chi connectivity index (χ1v) is 15.1. The van der Waals surface area contributed by atoms with Gasteiger partial charge in [-0.2, -0.15) is 0 Å². The van der Waals surface area contributed by atoms with Gasteiger partial charge in [0.1, 0.15) is 6.10 Å². The van der Waals surface area contributed by atoms with Crippen LogP contribution < -0.4 is 0 Å². The second-order valence-corrected chi connectivity index (χ2v) is 17.2. The molecule has 2 fully saturated rings. The Hall–Kier alpha value is -1.00. The zero-order valence-corrected chi connectivity index (χ0v) is 17.5. The number of fused-ring (bicyclic) bond motifs is 1. The lowest BCUT2D eigenvalue weighted by molar-refractivity contribution is -0.153. The van der Waals surface area contributed by atoms with E-state index in [4.69, 9.17) is 16.8 Å². The molecule has 5 aliphatic rings. The van der Waals surface area contributed by atoms with Gasteiger partial charge in [-0.05, 0) is 11.8 Å². The Balaban J connectivity index is 1.85. The molecule has 5 rings (SSSR count). The third-order valence-electron chi connectivity index (χ3n) is 5.19. The number of aliphatic hydroxyl groups is 3. The maximum Gasteiger partial charge on any atom is 0.515 e. The summed E-state index contributed by atoms with van der Waals surface area (Å²) >= 11 is 0. The highest BCUT2D eigenvalue weighted by atomic mass is 28.5. The lowest BCUT2D eigenvalue weighted by Crippen LogP contribution is -2.71. The zero-order chi connectivity index (χ0) is 17.4. The van der Waals surface area contributed by atoms with Crippen molar-refractivity contribution in [1.82, 2.24) is 4.90 Å². The summed E-state index contributed by atoms with van der Waals surface area (Å²) in [4.78, 5) is 2.14. The van der Waals surface area contributed by atoms with E-state index in [9.17, 15) is 15.3 Å². The van der Waals surface area contributed by atoms with Crippen LogP contribution in [-0.2, 0) is 16.8 Å². The standard InChI is InChI=1S/C13H18NO7Si4/c1-14-5-8-25-13(17)10(15)4-6-22(19-25)11(14)9-24(21-25)7-2-3-12(16)23(18-13)20-24/h2-4,6,9-10,15-17H,5,7-8H2,1H3/q-1/t10-,13-,24?,25-/m0/s1. The fraction of sp³-hybridized carbons (Fsp3) is 0.462. The van der Waals surface area contributed by atoms with Gasteiger partial charge in [-0.3, -0.25) is 0 Å². The van der Waals surface area contributed by atoms with Gasteiger partial charge >= 0.3 is 26.0 Å². The summed E-state index contributed by atoms with van der Waals surface area (Å²) in [5, 5.41) is 33.5. The molecule has 0 aromatic rings. The van der Waals surface area contributed by atoms with Crippen LogP contribution in [0, 0.1) is 0 Å². The Kier molecular flexibility index (Phi) is 3.26. The maximum absolute atomic E-state index is 11.5. The molecule has 5 bridgehead atoms. The summed E-state index contributed by atoms with van der Waals surface area (Å²) in [6, 6.07) is 0.969. The molecule has 5 heterocycles. The van der Waals surface area contributed by atoms with Crippen molar-refractivity contribution in [2.45, 2.75) is 23.6 Å². The molecule has 0 aromatic carbocycles. The number of allylic oxidation sites excluding steroid dienone is 1. The SMILES string of the molecule is CN1CC[Si@@]23O[Si-]4C=C[C@H](O)[C@]2(O)O[Si]2=C(O)C=CC[Si](C=C14)(O2)O3. The van der Waals surface area contributed by atoms with Gasteiger partial charge in [-0.15, -0.1) is 14.4 Å². The second-order valence-electron chi connectivity index (χ2n) is 6.82.